The van der Waals surface area contributed by atoms with Crippen LogP contribution in [0.1, 0.15) is 56.2 Å². The number of anilines is 2. The molecule has 0 saturated carbocycles. The Kier molecular flexibility index (Phi) is 12.8. The van der Waals surface area contributed by atoms with E-state index in [-0.39, 0.29) is 17.8 Å². The number of benzene rings is 5. The molecule has 54 heavy (non-hydrogen) atoms. The zero-order valence-corrected chi connectivity index (χ0v) is 33.2. The van der Waals surface area contributed by atoms with Gasteiger partial charge in [0.15, 0.2) is 0 Å². The number of para-hydroxylation sites is 1. The lowest BCUT2D eigenvalue weighted by Crippen LogP contribution is -2.55. The van der Waals surface area contributed by atoms with Crippen LogP contribution >= 0.6 is 22.4 Å². The van der Waals surface area contributed by atoms with E-state index in [9.17, 15) is 13.9 Å². The van der Waals surface area contributed by atoms with Gasteiger partial charge in [-0.05, 0) is 54.0 Å². The van der Waals surface area contributed by atoms with Gasteiger partial charge in [-0.3, -0.25) is 19.2 Å². The summed E-state index contributed by atoms with van der Waals surface area (Å²) in [6.07, 6.45) is 5.73. The first kappa shape index (κ1) is 39.4. The normalized spacial score (nSPS) is 17.9. The number of thioether (sulfide) groups is 1. The highest BCUT2D eigenvalue weighted by atomic mass is 32.3. The quantitative estimate of drug-likeness (QED) is 0.0551. The molecule has 0 aliphatic carbocycles. The Balaban J connectivity index is 1.44. The first-order chi connectivity index (χ1) is 26.2. The van der Waals surface area contributed by atoms with Gasteiger partial charge in [0.1, 0.15) is 18.4 Å². The van der Waals surface area contributed by atoms with Crippen LogP contribution in [0, 0.1) is 5.41 Å². The molecular formula is C45H52N2O5S2. The topological polar surface area (TPSA) is 91.3 Å². The molecule has 0 unspecified atom stereocenters. The zero-order chi connectivity index (χ0) is 38.2. The smallest absolute Gasteiger partial charge is 0.326 e. The Morgan fingerprint density at radius 3 is 1.89 bits per heavy atom. The third-order valence-corrected chi connectivity index (χ3v) is 13.5. The number of rotatable bonds is 15. The maximum absolute atomic E-state index is 13.8. The second kappa shape index (κ2) is 17.5. The molecule has 284 valence electrons. The van der Waals surface area contributed by atoms with Crippen molar-refractivity contribution in [1.29, 1.82) is 0 Å². The van der Waals surface area contributed by atoms with Gasteiger partial charge in [-0.1, -0.05) is 136 Å². The summed E-state index contributed by atoms with van der Waals surface area (Å²) in [7, 11) is -1.87. The molecule has 1 aliphatic heterocycles. The van der Waals surface area contributed by atoms with Crippen LogP contribution in [0.15, 0.2) is 143 Å². The fourth-order valence-corrected chi connectivity index (χ4v) is 10.5. The van der Waals surface area contributed by atoms with Crippen molar-refractivity contribution in [2.75, 3.05) is 37.2 Å². The van der Waals surface area contributed by atoms with E-state index in [2.05, 4.69) is 72.6 Å². The Bertz CT molecular complexity index is 1870. The van der Waals surface area contributed by atoms with E-state index in [1.807, 2.05) is 85.1 Å². The van der Waals surface area contributed by atoms with Crippen LogP contribution in [0.3, 0.4) is 0 Å². The Hall–Kier alpha value is -4.25. The molecule has 0 fully saturated rings. The summed E-state index contributed by atoms with van der Waals surface area (Å²) in [5.41, 5.74) is 3.36. The average Bonchev–Trinajstić information content (AvgIpc) is 3.32. The second-order valence-corrected chi connectivity index (χ2v) is 16.9. The summed E-state index contributed by atoms with van der Waals surface area (Å²) in [5.74, 6) is 0.267. The van der Waals surface area contributed by atoms with Crippen LogP contribution in [0.4, 0.5) is 11.4 Å². The molecule has 0 radical (unpaired) electrons. The maximum atomic E-state index is 13.8. The number of ether oxygens (including phenoxy) is 2. The minimum absolute atomic E-state index is 0.0791. The van der Waals surface area contributed by atoms with E-state index in [0.717, 1.165) is 58.6 Å². The minimum atomic E-state index is -3.25. The van der Waals surface area contributed by atoms with Crippen molar-refractivity contribution in [2.24, 2.45) is 5.41 Å². The van der Waals surface area contributed by atoms with Gasteiger partial charge in [-0.2, -0.15) is 10.6 Å². The Morgan fingerprint density at radius 1 is 0.870 bits per heavy atom. The largest absolute Gasteiger partial charge is 0.490 e. The number of nitrogens with zero attached hydrogens (tertiary/aromatic N) is 1. The van der Waals surface area contributed by atoms with Gasteiger partial charge in [0, 0.05) is 29.5 Å². The standard InChI is InChI=1S/C45H52N2O5S2/c1-5-7-28-44(6-2)32-47(37-26-18-11-19-27-37)39-29-41(53-4)40(30-42(39)54(49,50)33-44)52-31-38(43(48)51-3)46-45(34-20-12-8-13-21-34,35-22-14-9-15-23-35)36-24-16-10-17-25-36/h8-27,29-30,38,46,49-50H,5-7,28,31-33H2,1-4H3/t38-,44+/m1/s1. The van der Waals surface area contributed by atoms with Crippen molar-refractivity contribution in [3.63, 3.8) is 0 Å². The molecule has 1 heterocycles. The molecule has 5 aromatic carbocycles. The van der Waals surface area contributed by atoms with Crippen LogP contribution < -0.4 is 15.0 Å². The molecule has 0 amide bonds. The van der Waals surface area contributed by atoms with Crippen molar-refractivity contribution >= 4 is 39.7 Å². The highest BCUT2D eigenvalue weighted by molar-refractivity contribution is 8.24. The molecule has 2 atom stereocenters. The van der Waals surface area contributed by atoms with E-state index in [4.69, 9.17) is 9.47 Å². The van der Waals surface area contributed by atoms with Crippen LogP contribution in [0.25, 0.3) is 0 Å². The van der Waals surface area contributed by atoms with Crippen molar-refractivity contribution in [3.8, 4) is 5.75 Å². The van der Waals surface area contributed by atoms with Gasteiger partial charge in [0.2, 0.25) is 0 Å². The fraction of sp³-hybridized carbons (Fsp3) is 0.311. The number of methoxy groups -OCH3 is 1. The first-order valence-corrected chi connectivity index (χ1v) is 21.6. The summed E-state index contributed by atoms with van der Waals surface area (Å²) in [6, 6.07) is 43.3. The molecule has 5 aromatic rings. The predicted octanol–water partition coefficient (Wildman–Crippen LogP) is 10.8. The van der Waals surface area contributed by atoms with Crippen molar-refractivity contribution in [2.45, 2.75) is 60.9 Å². The summed E-state index contributed by atoms with van der Waals surface area (Å²) in [4.78, 5) is 17.3. The fourth-order valence-electron chi connectivity index (χ4n) is 7.74. The molecule has 0 spiro atoms. The number of esters is 1. The highest BCUT2D eigenvalue weighted by Gasteiger charge is 2.43. The monoisotopic (exact) mass is 764 g/mol. The van der Waals surface area contributed by atoms with E-state index in [0.29, 0.717) is 17.2 Å². The van der Waals surface area contributed by atoms with Crippen molar-refractivity contribution in [1.82, 2.24) is 5.32 Å². The number of hydrogen-bond acceptors (Lipinski definition) is 8. The first-order valence-electron chi connectivity index (χ1n) is 18.7. The van der Waals surface area contributed by atoms with Crippen LogP contribution in [0.5, 0.6) is 5.75 Å². The Morgan fingerprint density at radius 2 is 1.41 bits per heavy atom. The number of fused-ring (bicyclic) bond motifs is 1. The lowest BCUT2D eigenvalue weighted by Gasteiger charge is -2.41. The number of unbranched alkanes of at least 4 members (excludes halogenated alkanes) is 1. The molecule has 3 N–H and O–H groups in total. The third kappa shape index (κ3) is 8.21. The van der Waals surface area contributed by atoms with Gasteiger partial charge in [0.25, 0.3) is 0 Å². The lowest BCUT2D eigenvalue weighted by atomic mass is 9.76. The minimum Gasteiger partial charge on any atom is -0.490 e. The molecule has 0 saturated heterocycles. The predicted molar refractivity (Wildman–Crippen MR) is 224 cm³/mol. The number of carbonyl (C=O) groups is 1. The van der Waals surface area contributed by atoms with Crippen LogP contribution in [0.2, 0.25) is 0 Å². The van der Waals surface area contributed by atoms with Gasteiger partial charge in [-0.25, -0.2) is 0 Å². The van der Waals surface area contributed by atoms with Crippen LogP contribution in [-0.2, 0) is 15.1 Å². The van der Waals surface area contributed by atoms with E-state index < -0.39 is 28.1 Å². The number of carbonyl (C=O) groups excluding carboxylic acids is 1. The van der Waals surface area contributed by atoms with Gasteiger partial charge in [-0.15, -0.1) is 11.8 Å². The number of nitrogens with one attached hydrogen (secondary N) is 1. The zero-order valence-electron chi connectivity index (χ0n) is 31.6. The molecule has 7 nitrogen and oxygen atoms in total. The van der Waals surface area contributed by atoms with Crippen LogP contribution in [-0.4, -0.2) is 53.4 Å². The molecule has 9 heteroatoms. The molecule has 1 aliphatic rings. The summed E-state index contributed by atoms with van der Waals surface area (Å²) in [5, 5.41) is 3.72. The molecule has 0 bridgehead atoms. The molecule has 6 rings (SSSR count). The maximum Gasteiger partial charge on any atom is 0.326 e. The Labute approximate surface area is 326 Å². The third-order valence-electron chi connectivity index (χ3n) is 10.7. The molecular weight excluding hydrogens is 713 g/mol. The summed E-state index contributed by atoms with van der Waals surface area (Å²) >= 11 is 1.52. The second-order valence-electron chi connectivity index (χ2n) is 14.0. The highest BCUT2D eigenvalue weighted by Crippen LogP contribution is 2.62. The number of hydrogen-bond donors (Lipinski definition) is 3. The lowest BCUT2D eigenvalue weighted by molar-refractivity contribution is -0.144. The summed E-state index contributed by atoms with van der Waals surface area (Å²) in [6.45, 7) is 4.92. The van der Waals surface area contributed by atoms with Gasteiger partial charge >= 0.3 is 5.97 Å². The van der Waals surface area contributed by atoms with E-state index >= 15 is 0 Å². The summed E-state index contributed by atoms with van der Waals surface area (Å²) < 4.78 is 36.3. The van der Waals surface area contributed by atoms with E-state index in [1.54, 1.807) is 6.07 Å². The van der Waals surface area contributed by atoms with Crippen molar-refractivity contribution in [3.05, 3.63) is 150 Å². The van der Waals surface area contributed by atoms with Gasteiger partial charge in [0.05, 0.1) is 28.1 Å². The molecule has 0 aromatic heterocycles. The van der Waals surface area contributed by atoms with Gasteiger partial charge < -0.3 is 14.4 Å². The SMILES string of the molecule is CCCC[C@@]1(CC)CN(c2ccccc2)c2cc(SC)c(OC[C@@H](NC(c3ccccc3)(c3ccccc3)c3ccccc3)C(=O)OC)cc2S(O)(O)C1. The van der Waals surface area contributed by atoms with Crippen molar-refractivity contribution < 1.29 is 23.4 Å². The van der Waals surface area contributed by atoms with E-state index in [1.165, 1.54) is 18.9 Å². The average molecular weight is 765 g/mol.